The van der Waals surface area contributed by atoms with E-state index in [9.17, 15) is 0 Å². The molecule has 2 aliphatic rings. The predicted octanol–water partition coefficient (Wildman–Crippen LogP) is 1.81. The number of nitrogens with one attached hydrogen (secondary N) is 1. The minimum Gasteiger partial charge on any atom is -0.317 e. The monoisotopic (exact) mass is 228 g/mol. The highest BCUT2D eigenvalue weighted by atomic mass is 32.2. The highest BCUT2D eigenvalue weighted by Gasteiger charge is 2.24. The van der Waals surface area contributed by atoms with E-state index in [2.05, 4.69) is 28.9 Å². The molecule has 2 nitrogen and oxygen atoms in total. The zero-order chi connectivity index (χ0) is 10.5. The standard InChI is InChI=1S/C12H24N2S/c1-2-14(12-5-8-15-10-12)9-11-3-6-13-7-4-11/h11-13H,2-10H2,1H3. The van der Waals surface area contributed by atoms with Crippen molar-refractivity contribution in [3.05, 3.63) is 0 Å². The molecule has 0 aliphatic carbocycles. The molecule has 0 aromatic rings. The highest BCUT2D eigenvalue weighted by Crippen LogP contribution is 2.24. The fourth-order valence-electron chi connectivity index (χ4n) is 2.74. The topological polar surface area (TPSA) is 15.3 Å². The molecular weight excluding hydrogens is 204 g/mol. The lowest BCUT2D eigenvalue weighted by molar-refractivity contribution is 0.171. The lowest BCUT2D eigenvalue weighted by atomic mass is 9.97. The maximum atomic E-state index is 3.45. The molecule has 0 saturated carbocycles. The van der Waals surface area contributed by atoms with E-state index < -0.39 is 0 Å². The molecule has 0 radical (unpaired) electrons. The molecule has 88 valence electrons. The zero-order valence-electron chi connectivity index (χ0n) is 9.87. The third-order valence-electron chi connectivity index (χ3n) is 3.78. The summed E-state index contributed by atoms with van der Waals surface area (Å²) in [5.74, 6) is 3.71. The summed E-state index contributed by atoms with van der Waals surface area (Å²) in [7, 11) is 0. The Morgan fingerprint density at radius 1 is 1.27 bits per heavy atom. The van der Waals surface area contributed by atoms with Gasteiger partial charge in [0.2, 0.25) is 0 Å². The summed E-state index contributed by atoms with van der Waals surface area (Å²) in [6.45, 7) is 7.39. The van der Waals surface area contributed by atoms with Crippen LogP contribution in [0.15, 0.2) is 0 Å². The van der Waals surface area contributed by atoms with Gasteiger partial charge in [-0.25, -0.2) is 0 Å². The van der Waals surface area contributed by atoms with Crippen LogP contribution in [0.25, 0.3) is 0 Å². The fourth-order valence-corrected chi connectivity index (χ4v) is 4.00. The molecular formula is C12H24N2S. The van der Waals surface area contributed by atoms with E-state index in [1.807, 2.05) is 0 Å². The Morgan fingerprint density at radius 3 is 2.67 bits per heavy atom. The largest absolute Gasteiger partial charge is 0.317 e. The maximum absolute atomic E-state index is 3.45. The molecule has 0 bridgehead atoms. The highest BCUT2D eigenvalue weighted by molar-refractivity contribution is 7.99. The van der Waals surface area contributed by atoms with Crippen LogP contribution in [-0.4, -0.2) is 48.6 Å². The fraction of sp³-hybridized carbons (Fsp3) is 1.00. The van der Waals surface area contributed by atoms with Crippen LogP contribution in [0.4, 0.5) is 0 Å². The average molecular weight is 228 g/mol. The van der Waals surface area contributed by atoms with Gasteiger partial charge in [-0.2, -0.15) is 11.8 Å². The summed E-state index contributed by atoms with van der Waals surface area (Å²) in [5, 5.41) is 3.45. The minimum absolute atomic E-state index is 0.884. The first-order valence-corrected chi connectivity index (χ1v) is 7.58. The first-order valence-electron chi connectivity index (χ1n) is 6.42. The molecule has 2 rings (SSSR count). The van der Waals surface area contributed by atoms with Gasteiger partial charge in [-0.05, 0) is 50.6 Å². The predicted molar refractivity (Wildman–Crippen MR) is 68.6 cm³/mol. The van der Waals surface area contributed by atoms with E-state index in [4.69, 9.17) is 0 Å². The second-order valence-corrected chi connectivity index (χ2v) is 5.95. The molecule has 2 saturated heterocycles. The van der Waals surface area contributed by atoms with E-state index in [0.29, 0.717) is 0 Å². The van der Waals surface area contributed by atoms with Crippen molar-refractivity contribution in [1.82, 2.24) is 10.2 Å². The second kappa shape index (κ2) is 6.12. The normalized spacial score (nSPS) is 28.8. The molecule has 2 aliphatic heterocycles. The van der Waals surface area contributed by atoms with E-state index in [1.54, 1.807) is 0 Å². The van der Waals surface area contributed by atoms with Gasteiger partial charge in [-0.15, -0.1) is 0 Å². The average Bonchev–Trinajstić information content (AvgIpc) is 2.81. The van der Waals surface area contributed by atoms with Crippen molar-refractivity contribution in [2.24, 2.45) is 5.92 Å². The molecule has 15 heavy (non-hydrogen) atoms. The third kappa shape index (κ3) is 3.36. The van der Waals surface area contributed by atoms with Gasteiger partial charge in [-0.1, -0.05) is 6.92 Å². The quantitative estimate of drug-likeness (QED) is 0.790. The first-order chi connectivity index (χ1) is 7.40. The number of piperidine rings is 1. The lowest BCUT2D eigenvalue weighted by Crippen LogP contribution is -2.41. The van der Waals surface area contributed by atoms with E-state index >= 15 is 0 Å². The van der Waals surface area contributed by atoms with Crippen LogP contribution in [-0.2, 0) is 0 Å². The Kier molecular flexibility index (Phi) is 4.79. The van der Waals surface area contributed by atoms with Crippen molar-refractivity contribution in [2.45, 2.75) is 32.2 Å². The Hall–Kier alpha value is 0.270. The van der Waals surface area contributed by atoms with Crippen LogP contribution in [0.1, 0.15) is 26.2 Å². The van der Waals surface area contributed by atoms with Crippen LogP contribution in [0, 0.1) is 5.92 Å². The van der Waals surface area contributed by atoms with E-state index in [1.165, 1.54) is 56.9 Å². The van der Waals surface area contributed by atoms with Crippen molar-refractivity contribution in [1.29, 1.82) is 0 Å². The van der Waals surface area contributed by atoms with E-state index in [0.717, 1.165) is 12.0 Å². The Labute approximate surface area is 98.2 Å². The van der Waals surface area contributed by atoms with Crippen LogP contribution >= 0.6 is 11.8 Å². The molecule has 1 unspecified atom stereocenters. The van der Waals surface area contributed by atoms with Gasteiger partial charge in [0.25, 0.3) is 0 Å². The number of thioether (sulfide) groups is 1. The minimum atomic E-state index is 0.884. The van der Waals surface area contributed by atoms with Crippen LogP contribution in [0.5, 0.6) is 0 Å². The van der Waals surface area contributed by atoms with Crippen LogP contribution in [0.2, 0.25) is 0 Å². The van der Waals surface area contributed by atoms with Gasteiger partial charge in [0.15, 0.2) is 0 Å². The summed E-state index contributed by atoms with van der Waals surface area (Å²) < 4.78 is 0. The Morgan fingerprint density at radius 2 is 2.07 bits per heavy atom. The summed E-state index contributed by atoms with van der Waals surface area (Å²) in [4.78, 5) is 2.73. The van der Waals surface area contributed by atoms with Crippen LogP contribution < -0.4 is 5.32 Å². The number of hydrogen-bond acceptors (Lipinski definition) is 3. The molecule has 1 N–H and O–H groups in total. The summed E-state index contributed by atoms with van der Waals surface area (Å²) in [6, 6.07) is 0.884. The number of rotatable bonds is 4. The zero-order valence-corrected chi connectivity index (χ0v) is 10.7. The molecule has 2 fully saturated rings. The molecule has 0 aromatic carbocycles. The Bertz CT molecular complexity index is 174. The van der Waals surface area contributed by atoms with Gasteiger partial charge in [0.05, 0.1) is 0 Å². The van der Waals surface area contributed by atoms with Crippen molar-refractivity contribution in [2.75, 3.05) is 37.7 Å². The number of hydrogen-bond donors (Lipinski definition) is 1. The summed E-state index contributed by atoms with van der Waals surface area (Å²) in [6.07, 6.45) is 4.19. The summed E-state index contributed by atoms with van der Waals surface area (Å²) >= 11 is 2.13. The van der Waals surface area contributed by atoms with Gasteiger partial charge >= 0.3 is 0 Å². The molecule has 0 amide bonds. The van der Waals surface area contributed by atoms with Gasteiger partial charge < -0.3 is 5.32 Å². The third-order valence-corrected chi connectivity index (χ3v) is 4.92. The van der Waals surface area contributed by atoms with Crippen molar-refractivity contribution in [3.63, 3.8) is 0 Å². The first kappa shape index (κ1) is 11.7. The lowest BCUT2D eigenvalue weighted by Gasteiger charge is -2.33. The molecule has 0 spiro atoms. The van der Waals surface area contributed by atoms with E-state index in [-0.39, 0.29) is 0 Å². The second-order valence-electron chi connectivity index (χ2n) is 4.80. The number of nitrogens with zero attached hydrogens (tertiary/aromatic N) is 1. The molecule has 1 atom stereocenters. The molecule has 3 heteroatoms. The molecule has 2 heterocycles. The molecule has 0 aromatic heterocycles. The van der Waals surface area contributed by atoms with Gasteiger partial charge in [-0.3, -0.25) is 4.90 Å². The Balaban J connectivity index is 1.78. The smallest absolute Gasteiger partial charge is 0.0194 e. The van der Waals surface area contributed by atoms with Crippen molar-refractivity contribution < 1.29 is 0 Å². The van der Waals surface area contributed by atoms with Gasteiger partial charge in [0.1, 0.15) is 0 Å². The van der Waals surface area contributed by atoms with Gasteiger partial charge in [0, 0.05) is 18.3 Å². The van der Waals surface area contributed by atoms with Crippen molar-refractivity contribution in [3.8, 4) is 0 Å². The van der Waals surface area contributed by atoms with Crippen LogP contribution in [0.3, 0.4) is 0 Å². The summed E-state index contributed by atoms with van der Waals surface area (Å²) in [5.41, 5.74) is 0. The SMILES string of the molecule is CCN(CC1CCNCC1)C1CCSC1. The maximum Gasteiger partial charge on any atom is 0.0194 e. The van der Waals surface area contributed by atoms with Crippen molar-refractivity contribution >= 4 is 11.8 Å².